The molecule has 1 aromatic heterocycles. The molecular formula is C33H43FN2. The lowest BCUT2D eigenvalue weighted by Crippen LogP contribution is -2.09. The normalized spacial score (nSPS) is 10.8. The van der Waals surface area contributed by atoms with Crippen LogP contribution in [-0.4, -0.2) is 16.7 Å². The van der Waals surface area contributed by atoms with Crippen LogP contribution in [0.15, 0.2) is 97.9 Å². The highest BCUT2D eigenvalue weighted by atomic mass is 19.1. The number of halogens is 1. The Morgan fingerprint density at radius 2 is 1.42 bits per heavy atom. The molecule has 0 N–H and O–H groups in total. The highest BCUT2D eigenvalue weighted by Gasteiger charge is 2.21. The average molecular weight is 487 g/mol. The van der Waals surface area contributed by atoms with Crippen LogP contribution >= 0.6 is 0 Å². The fraction of sp³-hybridized carbons (Fsp3) is 0.303. The van der Waals surface area contributed by atoms with Gasteiger partial charge in [0.05, 0.1) is 12.9 Å². The lowest BCUT2D eigenvalue weighted by Gasteiger charge is -2.24. The molecule has 192 valence electrons. The Morgan fingerprint density at radius 3 is 1.86 bits per heavy atom. The predicted octanol–water partition coefficient (Wildman–Crippen LogP) is 10.1. The summed E-state index contributed by atoms with van der Waals surface area (Å²) in [5.74, 6) is 1.71. The van der Waals surface area contributed by atoms with Crippen molar-refractivity contribution in [1.82, 2.24) is 9.55 Å². The van der Waals surface area contributed by atoms with Crippen molar-refractivity contribution in [1.29, 1.82) is 0 Å². The van der Waals surface area contributed by atoms with Crippen LogP contribution in [-0.2, 0) is 0 Å². The van der Waals surface area contributed by atoms with Gasteiger partial charge in [-0.1, -0.05) is 87.9 Å². The number of aromatic nitrogens is 2. The molecule has 0 aliphatic heterocycles. The molecule has 0 saturated carbocycles. The molecule has 0 radical (unpaired) electrons. The fourth-order valence-electron chi connectivity index (χ4n) is 4.07. The molecule has 0 spiro atoms. The number of nitrogens with zero attached hydrogens (tertiary/aromatic N) is 2. The Morgan fingerprint density at radius 1 is 0.889 bits per heavy atom. The van der Waals surface area contributed by atoms with Gasteiger partial charge >= 0.3 is 0 Å². The van der Waals surface area contributed by atoms with E-state index in [9.17, 15) is 4.39 Å². The molecule has 0 aliphatic rings. The Hall–Kier alpha value is -3.46. The van der Waals surface area contributed by atoms with E-state index >= 15 is 0 Å². The molecule has 0 atom stereocenters. The summed E-state index contributed by atoms with van der Waals surface area (Å²) in [4.78, 5) is 4.73. The van der Waals surface area contributed by atoms with Gasteiger partial charge in [0.15, 0.2) is 0 Å². The number of imidazole rings is 1. The van der Waals surface area contributed by atoms with Crippen LogP contribution in [0.4, 0.5) is 4.39 Å². The van der Waals surface area contributed by atoms with E-state index in [2.05, 4.69) is 128 Å². The standard InChI is InChI=1S/C30H36N2.C2H4.CH3F/c1-20(2)16-25(17-21(3)4)26-18-27(22(5)6)29(28(19-26)23(7)8)32-15-14-31-30(32)24-12-10-9-11-13-24;2*1-2/h9-19,22-23H,1H2,2-8H3;1-2H2;1H3/b25-16+;;. The molecule has 0 saturated heterocycles. The van der Waals surface area contributed by atoms with Crippen LogP contribution < -0.4 is 0 Å². The predicted molar refractivity (Wildman–Crippen MR) is 158 cm³/mol. The summed E-state index contributed by atoms with van der Waals surface area (Å²) in [7, 11) is 0.500. The van der Waals surface area contributed by atoms with Crippen LogP contribution in [0, 0.1) is 0 Å². The average Bonchev–Trinajstić information content (AvgIpc) is 3.35. The van der Waals surface area contributed by atoms with E-state index < -0.39 is 0 Å². The first-order chi connectivity index (χ1) is 17.2. The molecular weight excluding hydrogens is 443 g/mol. The zero-order valence-electron chi connectivity index (χ0n) is 23.4. The fourth-order valence-corrected chi connectivity index (χ4v) is 4.07. The van der Waals surface area contributed by atoms with Crippen molar-refractivity contribution >= 4 is 5.57 Å². The quantitative estimate of drug-likeness (QED) is 0.240. The molecule has 0 amide bonds. The Balaban J connectivity index is 0.00000154. The summed E-state index contributed by atoms with van der Waals surface area (Å²) in [6, 6.07) is 15.1. The molecule has 3 aromatic rings. The Kier molecular flexibility index (Phi) is 12.6. The van der Waals surface area contributed by atoms with Gasteiger partial charge in [-0.15, -0.1) is 13.2 Å². The van der Waals surface area contributed by atoms with Crippen LogP contribution in [0.5, 0.6) is 0 Å². The van der Waals surface area contributed by atoms with Crippen LogP contribution in [0.2, 0.25) is 0 Å². The van der Waals surface area contributed by atoms with Crippen molar-refractivity contribution in [2.75, 3.05) is 7.18 Å². The zero-order valence-corrected chi connectivity index (χ0v) is 23.4. The monoisotopic (exact) mass is 486 g/mol. The molecule has 2 nitrogen and oxygen atoms in total. The first-order valence-corrected chi connectivity index (χ1v) is 12.4. The first kappa shape index (κ1) is 30.6. The SMILES string of the molecule is C=C.C=C(C)/C=C(\C=C(C)C)c1cc(C(C)C)c(-n2ccnc2-c2ccccc2)c(C(C)C)c1.CF. The van der Waals surface area contributed by atoms with Crippen LogP contribution in [0.1, 0.15) is 77.0 Å². The van der Waals surface area contributed by atoms with Gasteiger partial charge in [0.25, 0.3) is 0 Å². The molecule has 0 bridgehead atoms. The minimum Gasteiger partial charge on any atom is -0.299 e. The minimum absolute atomic E-state index is 0.367. The largest absolute Gasteiger partial charge is 0.299 e. The van der Waals surface area contributed by atoms with Gasteiger partial charge in [-0.25, -0.2) is 4.98 Å². The first-order valence-electron chi connectivity index (χ1n) is 12.4. The van der Waals surface area contributed by atoms with E-state index in [0.29, 0.717) is 19.0 Å². The van der Waals surface area contributed by atoms with E-state index in [1.807, 2.05) is 12.3 Å². The van der Waals surface area contributed by atoms with Gasteiger partial charge in [-0.3, -0.25) is 8.96 Å². The number of rotatable bonds is 7. The third-order valence-corrected chi connectivity index (χ3v) is 5.51. The van der Waals surface area contributed by atoms with Crippen LogP contribution in [0.25, 0.3) is 22.6 Å². The topological polar surface area (TPSA) is 17.8 Å². The van der Waals surface area contributed by atoms with E-state index in [4.69, 9.17) is 4.98 Å². The second kappa shape index (κ2) is 14.8. The second-order valence-corrected chi connectivity index (χ2v) is 9.47. The second-order valence-electron chi connectivity index (χ2n) is 9.47. The number of allylic oxidation sites excluding steroid dienone is 5. The van der Waals surface area contributed by atoms with Crippen molar-refractivity contribution in [3.8, 4) is 17.1 Å². The molecule has 2 aromatic carbocycles. The van der Waals surface area contributed by atoms with Gasteiger partial charge in [-0.2, -0.15) is 0 Å². The molecule has 36 heavy (non-hydrogen) atoms. The number of alkyl halides is 1. The van der Waals surface area contributed by atoms with Crippen molar-refractivity contribution in [3.05, 3.63) is 115 Å². The molecule has 0 fully saturated rings. The molecule has 0 aliphatic carbocycles. The smallest absolute Gasteiger partial charge is 0.144 e. The third-order valence-electron chi connectivity index (χ3n) is 5.51. The number of hydrogen-bond acceptors (Lipinski definition) is 1. The molecule has 3 rings (SSSR count). The summed E-state index contributed by atoms with van der Waals surface area (Å²) >= 11 is 0. The maximum Gasteiger partial charge on any atom is 0.144 e. The van der Waals surface area contributed by atoms with E-state index in [1.165, 1.54) is 33.5 Å². The summed E-state index contributed by atoms with van der Waals surface area (Å²) in [5.41, 5.74) is 9.82. The summed E-state index contributed by atoms with van der Waals surface area (Å²) < 4.78 is 11.8. The van der Waals surface area contributed by atoms with Crippen molar-refractivity contribution in [2.45, 2.75) is 60.3 Å². The Bertz CT molecular complexity index is 1140. The van der Waals surface area contributed by atoms with Crippen molar-refractivity contribution in [2.24, 2.45) is 0 Å². The number of benzene rings is 2. The van der Waals surface area contributed by atoms with Crippen molar-refractivity contribution < 1.29 is 4.39 Å². The van der Waals surface area contributed by atoms with E-state index in [-0.39, 0.29) is 0 Å². The van der Waals surface area contributed by atoms with Gasteiger partial charge < -0.3 is 0 Å². The van der Waals surface area contributed by atoms with E-state index in [0.717, 1.165) is 17.0 Å². The highest BCUT2D eigenvalue weighted by molar-refractivity contribution is 5.79. The maximum atomic E-state index is 9.50. The third kappa shape index (κ3) is 7.78. The van der Waals surface area contributed by atoms with Crippen molar-refractivity contribution in [3.63, 3.8) is 0 Å². The minimum atomic E-state index is 0.367. The summed E-state index contributed by atoms with van der Waals surface area (Å²) in [6.07, 6.45) is 8.43. The van der Waals surface area contributed by atoms with Gasteiger partial charge in [0, 0.05) is 18.0 Å². The lowest BCUT2D eigenvalue weighted by molar-refractivity contribution is 0.636. The van der Waals surface area contributed by atoms with Gasteiger partial charge in [0.2, 0.25) is 0 Å². The Labute approximate surface area is 218 Å². The van der Waals surface area contributed by atoms with Crippen LogP contribution in [0.3, 0.4) is 0 Å². The maximum absolute atomic E-state index is 9.50. The molecule has 1 heterocycles. The van der Waals surface area contributed by atoms with Gasteiger partial charge in [0.1, 0.15) is 5.82 Å². The summed E-state index contributed by atoms with van der Waals surface area (Å²) in [6.45, 7) is 25.6. The molecule has 0 unspecified atom stereocenters. The number of hydrogen-bond donors (Lipinski definition) is 0. The highest BCUT2D eigenvalue weighted by Crippen LogP contribution is 2.37. The zero-order chi connectivity index (χ0) is 27.4. The van der Waals surface area contributed by atoms with Gasteiger partial charge in [-0.05, 0) is 67.0 Å². The molecule has 3 heteroatoms. The lowest BCUT2D eigenvalue weighted by atomic mass is 9.87. The van der Waals surface area contributed by atoms with E-state index in [1.54, 1.807) is 0 Å². The summed E-state index contributed by atoms with van der Waals surface area (Å²) in [5, 5.41) is 0.